The average molecular weight is 347 g/mol. The summed E-state index contributed by atoms with van der Waals surface area (Å²) >= 11 is 7.16. The van der Waals surface area contributed by atoms with Crippen molar-refractivity contribution < 1.29 is 18.3 Å². The lowest BCUT2D eigenvalue weighted by Crippen LogP contribution is -2.24. The van der Waals surface area contributed by atoms with Gasteiger partial charge in [0.15, 0.2) is 0 Å². The molecule has 1 aromatic carbocycles. The molecule has 0 saturated carbocycles. The Kier molecular flexibility index (Phi) is 4.62. The number of carboxylic acids is 1. The van der Waals surface area contributed by atoms with E-state index in [0.717, 1.165) is 0 Å². The Hall–Kier alpha value is -1.48. The van der Waals surface area contributed by atoms with Crippen LogP contribution in [0.3, 0.4) is 0 Å². The minimum Gasteiger partial charge on any atom is -0.478 e. The molecule has 0 atom stereocenters. The fraction of sp³-hybridized carbons (Fsp3) is 0.167. The molecule has 0 fully saturated rings. The van der Waals surface area contributed by atoms with Crippen molar-refractivity contribution in [3.63, 3.8) is 0 Å². The highest BCUT2D eigenvalue weighted by Crippen LogP contribution is 2.24. The molecule has 0 radical (unpaired) electrons. The first-order valence-corrected chi connectivity index (χ1v) is 8.52. The third-order valence-corrected chi connectivity index (χ3v) is 5.15. The Morgan fingerprint density at radius 2 is 2.19 bits per heavy atom. The number of sulfonamides is 1. The van der Waals surface area contributed by atoms with Crippen LogP contribution in [0.15, 0.2) is 27.9 Å². The lowest BCUT2D eigenvalue weighted by Gasteiger charge is -2.11. The summed E-state index contributed by atoms with van der Waals surface area (Å²) in [6.07, 6.45) is 0. The Balaban J connectivity index is 2.37. The fourth-order valence-corrected chi connectivity index (χ4v) is 3.86. The molecule has 9 heteroatoms. The van der Waals surface area contributed by atoms with Crippen molar-refractivity contribution >= 4 is 38.9 Å². The van der Waals surface area contributed by atoms with Gasteiger partial charge in [-0.2, -0.15) is 0 Å². The maximum absolute atomic E-state index is 12.3. The number of carboxylic acid groups (broad SMARTS) is 1. The lowest BCUT2D eigenvalue weighted by molar-refractivity contribution is 0.0696. The van der Waals surface area contributed by atoms with Gasteiger partial charge >= 0.3 is 5.97 Å². The van der Waals surface area contributed by atoms with Crippen LogP contribution in [0.1, 0.15) is 21.6 Å². The number of aromatic nitrogens is 1. The molecule has 0 aliphatic heterocycles. The molecule has 0 saturated heterocycles. The lowest BCUT2D eigenvalue weighted by atomic mass is 10.1. The average Bonchev–Trinajstić information content (AvgIpc) is 2.91. The van der Waals surface area contributed by atoms with Gasteiger partial charge < -0.3 is 5.11 Å². The van der Waals surface area contributed by atoms with Crippen LogP contribution in [-0.4, -0.2) is 24.5 Å². The number of thiazole rings is 1. The summed E-state index contributed by atoms with van der Waals surface area (Å²) in [4.78, 5) is 14.9. The largest absolute Gasteiger partial charge is 0.478 e. The third kappa shape index (κ3) is 3.59. The molecule has 2 rings (SSSR count). The summed E-state index contributed by atoms with van der Waals surface area (Å²) in [7, 11) is -3.88. The number of hydrogen-bond acceptors (Lipinski definition) is 5. The number of rotatable bonds is 5. The Bertz CT molecular complexity index is 773. The minimum absolute atomic E-state index is 0.0280. The van der Waals surface area contributed by atoms with Gasteiger partial charge in [0.2, 0.25) is 10.0 Å². The second-order valence-corrected chi connectivity index (χ2v) is 7.08. The van der Waals surface area contributed by atoms with Crippen LogP contribution in [-0.2, 0) is 16.6 Å². The molecule has 112 valence electrons. The summed E-state index contributed by atoms with van der Waals surface area (Å²) in [5.74, 6) is -1.23. The van der Waals surface area contributed by atoms with E-state index in [9.17, 15) is 13.2 Å². The van der Waals surface area contributed by atoms with Gasteiger partial charge in [-0.1, -0.05) is 11.6 Å². The molecule has 0 unspecified atom stereocenters. The van der Waals surface area contributed by atoms with Crippen molar-refractivity contribution in [2.24, 2.45) is 0 Å². The monoisotopic (exact) mass is 346 g/mol. The van der Waals surface area contributed by atoms with Crippen LogP contribution >= 0.6 is 22.9 Å². The zero-order valence-electron chi connectivity index (χ0n) is 10.8. The number of aromatic carboxylic acids is 1. The van der Waals surface area contributed by atoms with E-state index >= 15 is 0 Å². The molecule has 0 aliphatic carbocycles. The number of benzene rings is 1. The van der Waals surface area contributed by atoms with E-state index in [4.69, 9.17) is 16.7 Å². The van der Waals surface area contributed by atoms with E-state index in [-0.39, 0.29) is 27.6 Å². The van der Waals surface area contributed by atoms with Crippen LogP contribution in [0.5, 0.6) is 0 Å². The zero-order valence-corrected chi connectivity index (χ0v) is 13.2. The van der Waals surface area contributed by atoms with Gasteiger partial charge in [0, 0.05) is 10.4 Å². The molecule has 2 N–H and O–H groups in total. The highest BCUT2D eigenvalue weighted by molar-refractivity contribution is 7.89. The first-order chi connectivity index (χ1) is 9.81. The fourth-order valence-electron chi connectivity index (χ4n) is 1.73. The van der Waals surface area contributed by atoms with Crippen LogP contribution < -0.4 is 4.72 Å². The summed E-state index contributed by atoms with van der Waals surface area (Å²) in [5, 5.41) is 10.8. The number of halogens is 1. The van der Waals surface area contributed by atoms with Crippen molar-refractivity contribution in [3.05, 3.63) is 44.9 Å². The zero-order chi connectivity index (χ0) is 15.6. The molecular formula is C12H11ClN2O4S2. The third-order valence-electron chi connectivity index (χ3n) is 2.77. The van der Waals surface area contributed by atoms with E-state index < -0.39 is 16.0 Å². The summed E-state index contributed by atoms with van der Waals surface area (Å²) in [5.41, 5.74) is 2.17. The van der Waals surface area contributed by atoms with E-state index in [1.165, 1.54) is 30.4 Å². The molecule has 0 aliphatic rings. The Morgan fingerprint density at radius 1 is 1.48 bits per heavy atom. The van der Waals surface area contributed by atoms with E-state index in [0.29, 0.717) is 5.69 Å². The number of carbonyl (C=O) groups is 1. The molecule has 0 bridgehead atoms. The quantitative estimate of drug-likeness (QED) is 0.865. The first-order valence-electron chi connectivity index (χ1n) is 5.71. The summed E-state index contributed by atoms with van der Waals surface area (Å²) in [6, 6.07) is 2.45. The van der Waals surface area contributed by atoms with Crippen molar-refractivity contribution in [2.75, 3.05) is 0 Å². The molecule has 0 amide bonds. The molecule has 0 spiro atoms. The van der Waals surface area contributed by atoms with Gasteiger partial charge in [-0.05, 0) is 24.6 Å². The van der Waals surface area contributed by atoms with Crippen LogP contribution in [0, 0.1) is 6.92 Å². The molecule has 1 heterocycles. The first kappa shape index (κ1) is 15.9. The van der Waals surface area contributed by atoms with E-state index in [1.807, 2.05) is 0 Å². The minimum atomic E-state index is -3.88. The molecule has 21 heavy (non-hydrogen) atoms. The highest BCUT2D eigenvalue weighted by Gasteiger charge is 2.22. The summed E-state index contributed by atoms with van der Waals surface area (Å²) < 4.78 is 27.0. The van der Waals surface area contributed by atoms with Gasteiger partial charge in [0.05, 0.1) is 28.2 Å². The molecule has 1 aromatic heterocycles. The van der Waals surface area contributed by atoms with Crippen LogP contribution in [0.25, 0.3) is 0 Å². The Morgan fingerprint density at radius 3 is 2.76 bits per heavy atom. The summed E-state index contributed by atoms with van der Waals surface area (Å²) in [6.45, 7) is 1.46. The predicted molar refractivity (Wildman–Crippen MR) is 79.3 cm³/mol. The molecular weight excluding hydrogens is 336 g/mol. The predicted octanol–water partition coefficient (Wildman–Crippen LogP) is 2.28. The Labute approximate surface area is 130 Å². The maximum Gasteiger partial charge on any atom is 0.336 e. The van der Waals surface area contributed by atoms with Crippen molar-refractivity contribution in [1.82, 2.24) is 9.71 Å². The van der Waals surface area contributed by atoms with Crippen molar-refractivity contribution in [3.8, 4) is 0 Å². The van der Waals surface area contributed by atoms with Gasteiger partial charge in [0.1, 0.15) is 0 Å². The second kappa shape index (κ2) is 6.10. The van der Waals surface area contributed by atoms with Gasteiger partial charge in [-0.3, -0.25) is 0 Å². The SMILES string of the molecule is Cc1c(C(=O)O)cc(Cl)cc1S(=O)(=O)NCc1cscn1. The normalized spacial score (nSPS) is 11.5. The van der Waals surface area contributed by atoms with Gasteiger partial charge in [-0.15, -0.1) is 11.3 Å². The van der Waals surface area contributed by atoms with Crippen molar-refractivity contribution in [1.29, 1.82) is 0 Å². The van der Waals surface area contributed by atoms with Crippen molar-refractivity contribution in [2.45, 2.75) is 18.4 Å². The van der Waals surface area contributed by atoms with Gasteiger partial charge in [0.25, 0.3) is 0 Å². The van der Waals surface area contributed by atoms with E-state index in [1.54, 1.807) is 10.9 Å². The highest BCUT2D eigenvalue weighted by atomic mass is 35.5. The number of nitrogens with zero attached hydrogens (tertiary/aromatic N) is 1. The smallest absolute Gasteiger partial charge is 0.336 e. The number of hydrogen-bond donors (Lipinski definition) is 2. The standard InChI is InChI=1S/C12H11ClN2O4S2/c1-7-10(12(16)17)2-8(13)3-11(7)21(18,19)15-4-9-5-20-6-14-9/h2-3,5-6,15H,4H2,1H3,(H,16,17). The van der Waals surface area contributed by atoms with E-state index in [2.05, 4.69) is 9.71 Å². The maximum atomic E-state index is 12.3. The number of nitrogens with one attached hydrogen (secondary N) is 1. The second-order valence-electron chi connectivity index (χ2n) is 4.19. The topological polar surface area (TPSA) is 96.4 Å². The van der Waals surface area contributed by atoms with Gasteiger partial charge in [-0.25, -0.2) is 22.9 Å². The molecule has 2 aromatic rings. The molecule has 6 nitrogen and oxygen atoms in total. The van der Waals surface area contributed by atoms with Crippen LogP contribution in [0.2, 0.25) is 5.02 Å². The van der Waals surface area contributed by atoms with Crippen LogP contribution in [0.4, 0.5) is 0 Å².